The Hall–Kier alpha value is -0.870. The SMILES string of the molecule is CC(C)(CNC(=O)C1CCCC1O)c1ccccc1Br. The molecule has 1 aliphatic rings. The number of benzene rings is 1. The number of carbonyl (C=O) groups is 1. The first-order valence-corrected chi connectivity index (χ1v) is 7.92. The van der Waals surface area contributed by atoms with Gasteiger partial charge < -0.3 is 10.4 Å². The van der Waals surface area contributed by atoms with Crippen LogP contribution in [0.25, 0.3) is 0 Å². The van der Waals surface area contributed by atoms with Gasteiger partial charge in [0.25, 0.3) is 0 Å². The molecule has 0 aliphatic heterocycles. The molecule has 0 heterocycles. The van der Waals surface area contributed by atoms with Crippen molar-refractivity contribution in [2.24, 2.45) is 5.92 Å². The quantitative estimate of drug-likeness (QED) is 0.885. The second-order valence-electron chi connectivity index (χ2n) is 6.19. The standard InChI is InChI=1S/C16H22BrNO2/c1-16(2,12-7-3-4-8-13(12)17)10-18-15(20)11-6-5-9-14(11)19/h3-4,7-8,11,14,19H,5-6,9-10H2,1-2H3,(H,18,20). The first kappa shape index (κ1) is 15.5. The average molecular weight is 340 g/mol. The molecule has 0 aromatic heterocycles. The Kier molecular flexibility index (Phi) is 4.86. The summed E-state index contributed by atoms with van der Waals surface area (Å²) in [7, 11) is 0. The van der Waals surface area contributed by atoms with E-state index in [1.54, 1.807) is 0 Å². The zero-order valence-electron chi connectivity index (χ0n) is 12.0. The van der Waals surface area contributed by atoms with E-state index < -0.39 is 6.10 Å². The fourth-order valence-electron chi connectivity index (χ4n) is 2.79. The van der Waals surface area contributed by atoms with Crippen LogP contribution in [0, 0.1) is 5.92 Å². The smallest absolute Gasteiger partial charge is 0.225 e. The van der Waals surface area contributed by atoms with Crippen molar-refractivity contribution in [3.05, 3.63) is 34.3 Å². The van der Waals surface area contributed by atoms with Gasteiger partial charge >= 0.3 is 0 Å². The lowest BCUT2D eigenvalue weighted by Crippen LogP contribution is -2.41. The Bertz CT molecular complexity index is 487. The van der Waals surface area contributed by atoms with Crippen molar-refractivity contribution in [2.45, 2.75) is 44.6 Å². The van der Waals surface area contributed by atoms with Gasteiger partial charge in [0.15, 0.2) is 0 Å². The summed E-state index contributed by atoms with van der Waals surface area (Å²) in [6, 6.07) is 8.07. The largest absolute Gasteiger partial charge is 0.392 e. The molecule has 1 aliphatic carbocycles. The van der Waals surface area contributed by atoms with Gasteiger partial charge in [-0.1, -0.05) is 48.0 Å². The van der Waals surface area contributed by atoms with E-state index in [2.05, 4.69) is 41.2 Å². The molecule has 1 fully saturated rings. The summed E-state index contributed by atoms with van der Waals surface area (Å²) >= 11 is 3.56. The van der Waals surface area contributed by atoms with Crippen LogP contribution in [0.2, 0.25) is 0 Å². The second-order valence-corrected chi connectivity index (χ2v) is 7.04. The average Bonchev–Trinajstić information content (AvgIpc) is 2.83. The third-order valence-corrected chi connectivity index (χ3v) is 4.82. The summed E-state index contributed by atoms with van der Waals surface area (Å²) in [6.07, 6.45) is 2.00. The van der Waals surface area contributed by atoms with E-state index >= 15 is 0 Å². The summed E-state index contributed by atoms with van der Waals surface area (Å²) < 4.78 is 1.06. The van der Waals surface area contributed by atoms with E-state index in [1.165, 1.54) is 5.56 Å². The van der Waals surface area contributed by atoms with Crippen LogP contribution in [-0.2, 0) is 10.2 Å². The monoisotopic (exact) mass is 339 g/mol. The minimum Gasteiger partial charge on any atom is -0.392 e. The molecular weight excluding hydrogens is 318 g/mol. The maximum absolute atomic E-state index is 12.1. The molecule has 110 valence electrons. The highest BCUT2D eigenvalue weighted by atomic mass is 79.9. The maximum atomic E-state index is 12.1. The number of nitrogens with one attached hydrogen (secondary N) is 1. The Morgan fingerprint density at radius 3 is 2.70 bits per heavy atom. The van der Waals surface area contributed by atoms with Crippen LogP contribution in [0.4, 0.5) is 0 Å². The van der Waals surface area contributed by atoms with Crippen molar-refractivity contribution >= 4 is 21.8 Å². The third kappa shape index (κ3) is 3.41. The normalized spacial score (nSPS) is 22.8. The summed E-state index contributed by atoms with van der Waals surface area (Å²) in [5.41, 5.74) is 1.02. The molecule has 2 rings (SSSR count). The van der Waals surface area contributed by atoms with Crippen LogP contribution < -0.4 is 5.32 Å². The minimum absolute atomic E-state index is 0.0184. The molecular formula is C16H22BrNO2. The van der Waals surface area contributed by atoms with E-state index in [9.17, 15) is 9.90 Å². The van der Waals surface area contributed by atoms with E-state index in [1.807, 2.05) is 18.2 Å². The molecule has 2 atom stereocenters. The molecule has 0 bridgehead atoms. The highest BCUT2D eigenvalue weighted by molar-refractivity contribution is 9.10. The van der Waals surface area contributed by atoms with Crippen molar-refractivity contribution in [2.75, 3.05) is 6.54 Å². The van der Waals surface area contributed by atoms with Crippen molar-refractivity contribution < 1.29 is 9.90 Å². The maximum Gasteiger partial charge on any atom is 0.225 e. The Morgan fingerprint density at radius 1 is 1.40 bits per heavy atom. The number of hydrogen-bond donors (Lipinski definition) is 2. The molecule has 1 saturated carbocycles. The number of aliphatic hydroxyl groups is 1. The molecule has 1 amide bonds. The van der Waals surface area contributed by atoms with Crippen LogP contribution >= 0.6 is 15.9 Å². The van der Waals surface area contributed by atoms with Crippen LogP contribution in [0.15, 0.2) is 28.7 Å². The molecule has 2 N–H and O–H groups in total. The topological polar surface area (TPSA) is 49.3 Å². The van der Waals surface area contributed by atoms with Crippen molar-refractivity contribution in [3.8, 4) is 0 Å². The fourth-order valence-corrected chi connectivity index (χ4v) is 3.61. The van der Waals surface area contributed by atoms with Crippen molar-refractivity contribution in [1.29, 1.82) is 0 Å². The molecule has 0 spiro atoms. The predicted octanol–water partition coefficient (Wildman–Crippen LogP) is 3.00. The first-order valence-electron chi connectivity index (χ1n) is 7.12. The molecule has 0 saturated heterocycles. The number of aliphatic hydroxyl groups excluding tert-OH is 1. The van der Waals surface area contributed by atoms with Crippen LogP contribution in [0.3, 0.4) is 0 Å². The van der Waals surface area contributed by atoms with Crippen molar-refractivity contribution in [3.63, 3.8) is 0 Å². The Morgan fingerprint density at radius 2 is 2.10 bits per heavy atom. The van der Waals surface area contributed by atoms with Gasteiger partial charge in [-0.3, -0.25) is 4.79 Å². The first-order chi connectivity index (χ1) is 9.42. The molecule has 0 radical (unpaired) electrons. The second kappa shape index (κ2) is 6.27. The highest BCUT2D eigenvalue weighted by Crippen LogP contribution is 2.30. The van der Waals surface area contributed by atoms with Crippen molar-refractivity contribution in [1.82, 2.24) is 5.32 Å². The number of carbonyl (C=O) groups excluding carboxylic acids is 1. The summed E-state index contributed by atoms with van der Waals surface area (Å²) in [5.74, 6) is -0.250. The van der Waals surface area contributed by atoms with Gasteiger partial charge in [0.2, 0.25) is 5.91 Å². The number of rotatable bonds is 4. The molecule has 2 unspecified atom stereocenters. The number of amides is 1. The van der Waals surface area contributed by atoms with E-state index in [0.29, 0.717) is 6.54 Å². The minimum atomic E-state index is -0.471. The van der Waals surface area contributed by atoms with Crippen LogP contribution in [-0.4, -0.2) is 23.7 Å². The number of halogens is 1. The zero-order valence-corrected chi connectivity index (χ0v) is 13.6. The Labute approximate surface area is 128 Å². The van der Waals surface area contributed by atoms with E-state index in [4.69, 9.17) is 0 Å². The van der Waals surface area contributed by atoms with Gasteiger partial charge in [-0.2, -0.15) is 0 Å². The lowest BCUT2D eigenvalue weighted by molar-refractivity contribution is -0.127. The summed E-state index contributed by atoms with van der Waals surface area (Å²) in [4.78, 5) is 12.1. The van der Waals surface area contributed by atoms with Gasteiger partial charge in [0, 0.05) is 16.4 Å². The zero-order chi connectivity index (χ0) is 14.8. The molecule has 1 aromatic rings. The summed E-state index contributed by atoms with van der Waals surface area (Å²) in [5, 5.41) is 12.8. The van der Waals surface area contributed by atoms with Gasteiger partial charge in [-0.05, 0) is 30.9 Å². The van der Waals surface area contributed by atoms with E-state index in [0.717, 1.165) is 23.7 Å². The predicted molar refractivity (Wildman–Crippen MR) is 83.5 cm³/mol. The Balaban J connectivity index is 1.99. The van der Waals surface area contributed by atoms with Gasteiger partial charge in [0.1, 0.15) is 0 Å². The van der Waals surface area contributed by atoms with Gasteiger partial charge in [-0.15, -0.1) is 0 Å². The third-order valence-electron chi connectivity index (χ3n) is 4.12. The van der Waals surface area contributed by atoms with Gasteiger partial charge in [-0.25, -0.2) is 0 Å². The molecule has 20 heavy (non-hydrogen) atoms. The lowest BCUT2D eigenvalue weighted by Gasteiger charge is -2.28. The molecule has 4 heteroatoms. The molecule has 1 aromatic carbocycles. The van der Waals surface area contributed by atoms with Gasteiger partial charge in [0.05, 0.1) is 12.0 Å². The van der Waals surface area contributed by atoms with Crippen LogP contribution in [0.1, 0.15) is 38.7 Å². The van der Waals surface area contributed by atoms with E-state index in [-0.39, 0.29) is 17.2 Å². The summed E-state index contributed by atoms with van der Waals surface area (Å²) in [6.45, 7) is 4.79. The number of hydrogen-bond acceptors (Lipinski definition) is 2. The lowest BCUT2D eigenvalue weighted by atomic mass is 9.84. The molecule has 3 nitrogen and oxygen atoms in total. The highest BCUT2D eigenvalue weighted by Gasteiger charge is 2.32. The fraction of sp³-hybridized carbons (Fsp3) is 0.562. The van der Waals surface area contributed by atoms with Crippen LogP contribution in [0.5, 0.6) is 0 Å².